The Kier molecular flexibility index (Phi) is 4.67. The van der Waals surface area contributed by atoms with Gasteiger partial charge in [0.05, 0.1) is 17.3 Å². The summed E-state index contributed by atoms with van der Waals surface area (Å²) >= 11 is 0. The van der Waals surface area contributed by atoms with Gasteiger partial charge in [-0.25, -0.2) is 0 Å². The van der Waals surface area contributed by atoms with Crippen LogP contribution in [0.2, 0.25) is 0 Å². The molecule has 104 valence electrons. The highest BCUT2D eigenvalue weighted by Gasteiger charge is 2.28. The van der Waals surface area contributed by atoms with Crippen LogP contribution >= 0.6 is 0 Å². The summed E-state index contributed by atoms with van der Waals surface area (Å²) in [6.07, 6.45) is 0. The highest BCUT2D eigenvalue weighted by Crippen LogP contribution is 2.20. The predicted molar refractivity (Wildman–Crippen MR) is 75.9 cm³/mol. The van der Waals surface area contributed by atoms with Crippen LogP contribution in [0.25, 0.3) is 0 Å². The number of hydrogen-bond donors (Lipinski definition) is 3. The fraction of sp³-hybridized carbons (Fsp3) is 0.429. The maximum Gasteiger partial charge on any atom is 0.253 e. The molecule has 0 fully saturated rings. The van der Waals surface area contributed by atoms with Crippen LogP contribution in [0.5, 0.6) is 0 Å². The van der Waals surface area contributed by atoms with E-state index in [1.807, 2.05) is 20.8 Å². The van der Waals surface area contributed by atoms with Crippen molar-refractivity contribution in [1.29, 1.82) is 0 Å². The number of rotatable bonds is 3. The van der Waals surface area contributed by atoms with Crippen molar-refractivity contribution in [2.45, 2.75) is 26.8 Å². The van der Waals surface area contributed by atoms with Crippen LogP contribution in [0.3, 0.4) is 0 Å². The zero-order chi connectivity index (χ0) is 14.6. The summed E-state index contributed by atoms with van der Waals surface area (Å²) in [4.78, 5) is 23.7. The first kappa shape index (κ1) is 15.2. The van der Waals surface area contributed by atoms with Gasteiger partial charge < -0.3 is 16.4 Å². The van der Waals surface area contributed by atoms with Crippen LogP contribution < -0.4 is 16.4 Å². The van der Waals surface area contributed by atoms with Crippen molar-refractivity contribution < 1.29 is 9.59 Å². The van der Waals surface area contributed by atoms with Gasteiger partial charge in [-0.2, -0.15) is 0 Å². The van der Waals surface area contributed by atoms with Gasteiger partial charge in [0, 0.05) is 7.05 Å². The number of carbonyl (C=O) groups excluding carboxylic acids is 2. The standard InChI is InChI=1S/C14H21N3O2/c1-14(2,3)11(15)13(19)17-10-8-6-5-7-9(10)12(18)16-4/h5-8,11H,15H2,1-4H3,(H,16,18)(H,17,19)/t11-/m1/s1. The summed E-state index contributed by atoms with van der Waals surface area (Å²) in [5.41, 5.74) is 6.43. The Labute approximate surface area is 113 Å². The van der Waals surface area contributed by atoms with Gasteiger partial charge in [-0.05, 0) is 17.5 Å². The third kappa shape index (κ3) is 3.79. The molecule has 0 aliphatic heterocycles. The minimum atomic E-state index is -0.648. The molecule has 0 aromatic heterocycles. The molecule has 0 aliphatic carbocycles. The Balaban J connectivity index is 2.95. The highest BCUT2D eigenvalue weighted by molar-refractivity contribution is 6.04. The number of anilines is 1. The lowest BCUT2D eigenvalue weighted by molar-refractivity contribution is -0.119. The second-order valence-corrected chi connectivity index (χ2v) is 5.46. The lowest BCUT2D eigenvalue weighted by Crippen LogP contribution is -2.45. The van der Waals surface area contributed by atoms with Crippen molar-refractivity contribution in [3.05, 3.63) is 29.8 Å². The highest BCUT2D eigenvalue weighted by atomic mass is 16.2. The number of benzene rings is 1. The van der Waals surface area contributed by atoms with E-state index in [9.17, 15) is 9.59 Å². The largest absolute Gasteiger partial charge is 0.355 e. The maximum absolute atomic E-state index is 12.1. The van der Waals surface area contributed by atoms with Gasteiger partial charge in [0.25, 0.3) is 5.91 Å². The molecule has 1 aromatic rings. The molecular formula is C14H21N3O2. The van der Waals surface area contributed by atoms with E-state index < -0.39 is 6.04 Å². The zero-order valence-corrected chi connectivity index (χ0v) is 11.8. The Morgan fingerprint density at radius 1 is 1.21 bits per heavy atom. The normalized spacial score (nSPS) is 12.7. The number of carbonyl (C=O) groups is 2. The first-order valence-corrected chi connectivity index (χ1v) is 6.15. The average molecular weight is 263 g/mol. The minimum Gasteiger partial charge on any atom is -0.355 e. The van der Waals surface area contributed by atoms with Crippen LogP contribution in [0.4, 0.5) is 5.69 Å². The van der Waals surface area contributed by atoms with E-state index in [-0.39, 0.29) is 17.2 Å². The molecule has 0 saturated heterocycles. The van der Waals surface area contributed by atoms with Gasteiger partial charge in [-0.1, -0.05) is 32.9 Å². The van der Waals surface area contributed by atoms with Gasteiger partial charge in [0.1, 0.15) is 0 Å². The van der Waals surface area contributed by atoms with E-state index in [0.29, 0.717) is 11.3 Å². The second kappa shape index (κ2) is 5.84. The van der Waals surface area contributed by atoms with Crippen LogP contribution in [-0.2, 0) is 4.79 Å². The average Bonchev–Trinajstić information content (AvgIpc) is 2.36. The topological polar surface area (TPSA) is 84.2 Å². The molecule has 1 aromatic carbocycles. The van der Waals surface area contributed by atoms with Gasteiger partial charge in [-0.15, -0.1) is 0 Å². The number of para-hydroxylation sites is 1. The van der Waals surface area contributed by atoms with Gasteiger partial charge in [-0.3, -0.25) is 9.59 Å². The van der Waals surface area contributed by atoms with Crippen LogP contribution in [0.1, 0.15) is 31.1 Å². The summed E-state index contributed by atoms with van der Waals surface area (Å²) in [6, 6.07) is 6.17. The van der Waals surface area contributed by atoms with E-state index in [2.05, 4.69) is 10.6 Å². The van der Waals surface area contributed by atoms with E-state index in [4.69, 9.17) is 5.73 Å². The third-order valence-corrected chi connectivity index (χ3v) is 2.87. The summed E-state index contributed by atoms with van der Waals surface area (Å²) in [5.74, 6) is -0.552. The Morgan fingerprint density at radius 3 is 2.32 bits per heavy atom. The summed E-state index contributed by atoms with van der Waals surface area (Å²) in [5, 5.41) is 5.24. The molecule has 0 bridgehead atoms. The third-order valence-electron chi connectivity index (χ3n) is 2.87. The smallest absolute Gasteiger partial charge is 0.253 e. The summed E-state index contributed by atoms with van der Waals surface area (Å²) in [7, 11) is 1.54. The molecule has 1 atom stereocenters. The van der Waals surface area contributed by atoms with Crippen LogP contribution in [0, 0.1) is 5.41 Å². The van der Waals surface area contributed by atoms with Crippen LogP contribution in [0.15, 0.2) is 24.3 Å². The molecule has 1 rings (SSSR count). The lowest BCUT2D eigenvalue weighted by Gasteiger charge is -2.26. The fourth-order valence-corrected chi connectivity index (χ4v) is 1.53. The van der Waals surface area contributed by atoms with Crippen molar-refractivity contribution in [3.63, 3.8) is 0 Å². The molecule has 19 heavy (non-hydrogen) atoms. The predicted octanol–water partition coefficient (Wildman–Crippen LogP) is 1.36. The fourth-order valence-electron chi connectivity index (χ4n) is 1.53. The number of hydrogen-bond acceptors (Lipinski definition) is 3. The lowest BCUT2D eigenvalue weighted by atomic mass is 9.87. The van der Waals surface area contributed by atoms with Crippen molar-refractivity contribution in [1.82, 2.24) is 5.32 Å². The molecule has 0 radical (unpaired) electrons. The molecule has 0 unspecified atom stereocenters. The number of amides is 2. The molecule has 2 amide bonds. The minimum absolute atomic E-state index is 0.250. The molecule has 5 heteroatoms. The van der Waals surface area contributed by atoms with E-state index >= 15 is 0 Å². The van der Waals surface area contributed by atoms with Crippen molar-refractivity contribution in [3.8, 4) is 0 Å². The molecule has 5 nitrogen and oxygen atoms in total. The molecule has 0 saturated carbocycles. The Morgan fingerprint density at radius 2 is 1.79 bits per heavy atom. The first-order valence-electron chi connectivity index (χ1n) is 6.15. The SMILES string of the molecule is CNC(=O)c1ccccc1NC(=O)[C@@H](N)C(C)(C)C. The van der Waals surface area contributed by atoms with Crippen molar-refractivity contribution >= 4 is 17.5 Å². The molecule has 0 spiro atoms. The van der Waals surface area contributed by atoms with Crippen LogP contribution in [-0.4, -0.2) is 24.9 Å². The number of nitrogens with one attached hydrogen (secondary N) is 2. The molecule has 4 N–H and O–H groups in total. The zero-order valence-electron chi connectivity index (χ0n) is 11.8. The molecule has 0 heterocycles. The molecular weight excluding hydrogens is 242 g/mol. The van der Waals surface area contributed by atoms with E-state index in [1.54, 1.807) is 31.3 Å². The number of nitrogens with two attached hydrogens (primary N) is 1. The monoisotopic (exact) mass is 263 g/mol. The summed E-state index contributed by atoms with van der Waals surface area (Å²) < 4.78 is 0. The molecule has 0 aliphatic rings. The van der Waals surface area contributed by atoms with Gasteiger partial charge in [0.15, 0.2) is 0 Å². The summed E-state index contributed by atoms with van der Waals surface area (Å²) in [6.45, 7) is 5.67. The quantitative estimate of drug-likeness (QED) is 0.769. The first-order chi connectivity index (χ1) is 8.77. The van der Waals surface area contributed by atoms with Gasteiger partial charge in [0.2, 0.25) is 5.91 Å². The van der Waals surface area contributed by atoms with E-state index in [0.717, 1.165) is 0 Å². The van der Waals surface area contributed by atoms with Crippen molar-refractivity contribution in [2.75, 3.05) is 12.4 Å². The van der Waals surface area contributed by atoms with Gasteiger partial charge >= 0.3 is 0 Å². The Bertz CT molecular complexity index is 478. The maximum atomic E-state index is 12.1. The van der Waals surface area contributed by atoms with Crippen molar-refractivity contribution in [2.24, 2.45) is 11.1 Å². The Hall–Kier alpha value is -1.88. The van der Waals surface area contributed by atoms with E-state index in [1.165, 1.54) is 0 Å². The second-order valence-electron chi connectivity index (χ2n) is 5.46.